The Balaban J connectivity index is 2.04. The molecule has 1 aliphatic heterocycles. The van der Waals surface area contributed by atoms with Gasteiger partial charge in [0.2, 0.25) is 0 Å². The first-order valence-electron chi connectivity index (χ1n) is 3.92. The van der Waals surface area contributed by atoms with Crippen molar-refractivity contribution >= 4 is 11.8 Å². The van der Waals surface area contributed by atoms with Crippen LogP contribution in [-0.4, -0.2) is 12.4 Å². The summed E-state index contributed by atoms with van der Waals surface area (Å²) in [6.07, 6.45) is 0.200. The summed E-state index contributed by atoms with van der Waals surface area (Å²) in [4.78, 5) is 0.597. The lowest BCUT2D eigenvalue weighted by molar-refractivity contribution is 0.252. The van der Waals surface area contributed by atoms with Crippen LogP contribution >= 0.6 is 11.8 Å². The van der Waals surface area contributed by atoms with Gasteiger partial charge in [-0.05, 0) is 17.7 Å². The highest BCUT2D eigenvalue weighted by Crippen LogP contribution is 2.32. The number of thioether (sulfide) groups is 1. The van der Waals surface area contributed by atoms with Crippen molar-refractivity contribution in [3.63, 3.8) is 0 Å². The molecule has 1 saturated heterocycles. The van der Waals surface area contributed by atoms with E-state index in [2.05, 4.69) is 0 Å². The van der Waals surface area contributed by atoms with E-state index < -0.39 is 5.76 Å². The molecule has 2 rings (SSSR count). The highest BCUT2D eigenvalue weighted by atomic mass is 32.2. The number of rotatable bonds is 3. The zero-order valence-electron chi connectivity index (χ0n) is 6.74. The van der Waals surface area contributed by atoms with Gasteiger partial charge in [-0.1, -0.05) is 23.9 Å². The molecule has 0 saturated carbocycles. The quantitative estimate of drug-likeness (QED) is 0.551. The van der Waals surface area contributed by atoms with Gasteiger partial charge in [-0.25, -0.2) is 0 Å². The third-order valence-electron chi connectivity index (χ3n) is 1.81. The fourth-order valence-electron chi connectivity index (χ4n) is 1.10. The number of hydrogen-bond donors (Lipinski definition) is 0. The predicted octanol–water partition coefficient (Wildman–Crippen LogP) is 3.07. The van der Waals surface area contributed by atoms with Gasteiger partial charge in [0.25, 0.3) is 5.76 Å². The van der Waals surface area contributed by atoms with Crippen LogP contribution in [0.1, 0.15) is 11.7 Å². The van der Waals surface area contributed by atoms with E-state index in [9.17, 15) is 8.78 Å². The van der Waals surface area contributed by atoms with Crippen molar-refractivity contribution in [3.8, 4) is 0 Å². The molecule has 0 aromatic heterocycles. The summed E-state index contributed by atoms with van der Waals surface area (Å²) < 4.78 is 28.9. The molecule has 1 nitrogen and oxygen atoms in total. The topological polar surface area (TPSA) is 12.5 Å². The van der Waals surface area contributed by atoms with Crippen molar-refractivity contribution in [1.82, 2.24) is 0 Å². The Labute approximate surface area is 79.1 Å². The van der Waals surface area contributed by atoms with Crippen LogP contribution in [0.4, 0.5) is 8.78 Å². The lowest BCUT2D eigenvalue weighted by atomic mass is 10.2. The fraction of sp³-hybridized carbons (Fsp3) is 0.333. The van der Waals surface area contributed by atoms with Crippen LogP contribution in [0.15, 0.2) is 29.2 Å². The van der Waals surface area contributed by atoms with Crippen molar-refractivity contribution in [2.75, 3.05) is 6.61 Å². The van der Waals surface area contributed by atoms with Crippen molar-refractivity contribution in [3.05, 3.63) is 29.8 Å². The van der Waals surface area contributed by atoms with E-state index in [1.165, 1.54) is 0 Å². The van der Waals surface area contributed by atoms with E-state index >= 15 is 0 Å². The summed E-state index contributed by atoms with van der Waals surface area (Å²) in [6.45, 7) is 0.751. The van der Waals surface area contributed by atoms with E-state index in [1.54, 1.807) is 12.1 Å². The number of ether oxygens (including phenoxy) is 1. The molecule has 1 aromatic rings. The van der Waals surface area contributed by atoms with Crippen LogP contribution < -0.4 is 0 Å². The molecule has 0 spiro atoms. The molecule has 0 amide bonds. The van der Waals surface area contributed by atoms with Gasteiger partial charge in [0.1, 0.15) is 6.10 Å². The summed E-state index contributed by atoms with van der Waals surface area (Å²) in [7, 11) is 0. The fourth-order valence-corrected chi connectivity index (χ4v) is 1.60. The van der Waals surface area contributed by atoms with Gasteiger partial charge in [0.05, 0.1) is 6.61 Å². The molecule has 0 aliphatic carbocycles. The zero-order valence-corrected chi connectivity index (χ0v) is 7.56. The van der Waals surface area contributed by atoms with Crippen molar-refractivity contribution in [2.24, 2.45) is 0 Å². The van der Waals surface area contributed by atoms with Gasteiger partial charge in [-0.3, -0.25) is 0 Å². The molecule has 0 N–H and O–H groups in total. The number of hydrogen-bond acceptors (Lipinski definition) is 2. The maximum atomic E-state index is 11.9. The molecule has 0 radical (unpaired) electrons. The minimum Gasteiger partial charge on any atom is -0.368 e. The number of alkyl halides is 2. The minimum absolute atomic E-state index is 0.200. The summed E-state index contributed by atoms with van der Waals surface area (Å²) in [5.41, 5.74) is 1.07. The van der Waals surface area contributed by atoms with Crippen molar-refractivity contribution in [1.29, 1.82) is 0 Å². The van der Waals surface area contributed by atoms with Crippen molar-refractivity contribution < 1.29 is 13.5 Å². The van der Waals surface area contributed by atoms with Gasteiger partial charge in [-0.15, -0.1) is 0 Å². The molecule has 1 heterocycles. The van der Waals surface area contributed by atoms with Gasteiger partial charge < -0.3 is 4.74 Å². The second kappa shape index (κ2) is 3.64. The van der Waals surface area contributed by atoms with Crippen LogP contribution in [0.25, 0.3) is 0 Å². The number of benzene rings is 1. The maximum absolute atomic E-state index is 11.9. The largest absolute Gasteiger partial charge is 0.368 e. The lowest BCUT2D eigenvalue weighted by Gasteiger charge is -2.00. The molecule has 0 bridgehead atoms. The van der Waals surface area contributed by atoms with Crippen LogP contribution in [-0.2, 0) is 4.74 Å². The zero-order chi connectivity index (χ0) is 9.26. The second-order valence-corrected chi connectivity index (χ2v) is 3.83. The molecule has 13 heavy (non-hydrogen) atoms. The molecule has 1 atom stereocenters. The Morgan fingerprint density at radius 3 is 2.38 bits per heavy atom. The average molecular weight is 202 g/mol. The monoisotopic (exact) mass is 202 g/mol. The first-order valence-corrected chi connectivity index (χ1v) is 4.80. The maximum Gasteiger partial charge on any atom is 0.288 e. The summed E-state index contributed by atoms with van der Waals surface area (Å²) in [6, 6.07) is 7.08. The molecular weight excluding hydrogens is 194 g/mol. The Kier molecular flexibility index (Phi) is 2.51. The molecule has 0 unspecified atom stereocenters. The van der Waals surface area contributed by atoms with Crippen LogP contribution in [0.2, 0.25) is 0 Å². The summed E-state index contributed by atoms with van der Waals surface area (Å²) in [5.74, 6) is -2.34. The molecular formula is C9H8F2OS. The smallest absolute Gasteiger partial charge is 0.288 e. The number of epoxide rings is 1. The van der Waals surface area contributed by atoms with Crippen LogP contribution in [0.5, 0.6) is 0 Å². The van der Waals surface area contributed by atoms with E-state index in [0.717, 1.165) is 12.2 Å². The van der Waals surface area contributed by atoms with Gasteiger partial charge in [0, 0.05) is 4.90 Å². The lowest BCUT2D eigenvalue weighted by Crippen LogP contribution is -1.83. The Morgan fingerprint density at radius 2 is 1.92 bits per heavy atom. The molecule has 4 heteroatoms. The second-order valence-electron chi connectivity index (χ2n) is 2.77. The Hall–Kier alpha value is -0.610. The average Bonchev–Trinajstić information content (AvgIpc) is 2.87. The highest BCUT2D eigenvalue weighted by molar-refractivity contribution is 7.99. The standard InChI is InChI=1S/C9H8F2OS/c10-9(11)13-7-3-1-6(2-4-7)8-5-12-8/h1-4,8-9H,5H2/t8-/m0/s1. The van der Waals surface area contributed by atoms with Crippen LogP contribution in [0.3, 0.4) is 0 Å². The van der Waals surface area contributed by atoms with E-state index in [4.69, 9.17) is 4.74 Å². The number of halogens is 2. The van der Waals surface area contributed by atoms with Gasteiger partial charge in [0.15, 0.2) is 0 Å². The molecule has 1 aromatic carbocycles. The summed E-state index contributed by atoms with van der Waals surface area (Å²) in [5, 5.41) is 0. The third kappa shape index (κ3) is 2.42. The van der Waals surface area contributed by atoms with Gasteiger partial charge >= 0.3 is 0 Å². The molecule has 1 fully saturated rings. The first-order chi connectivity index (χ1) is 6.25. The van der Waals surface area contributed by atoms with Crippen LogP contribution in [0, 0.1) is 0 Å². The Morgan fingerprint density at radius 1 is 1.31 bits per heavy atom. The molecule has 70 valence electrons. The van der Waals surface area contributed by atoms with Gasteiger partial charge in [-0.2, -0.15) is 8.78 Å². The van der Waals surface area contributed by atoms with E-state index in [0.29, 0.717) is 16.7 Å². The van der Waals surface area contributed by atoms with E-state index in [1.807, 2.05) is 12.1 Å². The SMILES string of the molecule is FC(F)Sc1ccc([C@@H]2CO2)cc1. The normalized spacial score (nSPS) is 20.7. The van der Waals surface area contributed by atoms with Crippen molar-refractivity contribution in [2.45, 2.75) is 16.8 Å². The minimum atomic E-state index is -2.34. The third-order valence-corrected chi connectivity index (χ3v) is 2.53. The summed E-state index contributed by atoms with van der Waals surface area (Å²) >= 11 is 0.565. The Bertz CT molecular complexity index is 282. The van der Waals surface area contributed by atoms with E-state index in [-0.39, 0.29) is 6.10 Å². The molecule has 1 aliphatic rings. The first kappa shape index (κ1) is 8.97. The predicted molar refractivity (Wildman–Crippen MR) is 47.0 cm³/mol. The highest BCUT2D eigenvalue weighted by Gasteiger charge is 2.24.